The van der Waals surface area contributed by atoms with E-state index in [1.807, 2.05) is 12.1 Å². The van der Waals surface area contributed by atoms with E-state index in [1.165, 1.54) is 81.5 Å². The SMILES string of the molecule is CCCCCCCCCCCCOc1c(C2CCCC2)cccc1C(SCCC(=O)O)C(O)CO. The van der Waals surface area contributed by atoms with Crippen LogP contribution in [0.5, 0.6) is 5.75 Å². The topological polar surface area (TPSA) is 87.0 Å². The lowest BCUT2D eigenvalue weighted by atomic mass is 9.92. The van der Waals surface area contributed by atoms with Crippen molar-refractivity contribution in [2.75, 3.05) is 19.0 Å². The Morgan fingerprint density at radius 3 is 2.26 bits per heavy atom. The summed E-state index contributed by atoms with van der Waals surface area (Å²) in [5.41, 5.74) is 2.10. The average molecular weight is 509 g/mol. The standard InChI is InChI=1S/C29H48O5S/c1-2-3-4-5-6-7-8-9-10-13-20-34-28-24(23-15-11-12-16-23)17-14-18-25(28)29(26(31)22-30)35-21-19-27(32)33/h14,17-18,23,26,29-31H,2-13,15-16,19-22H2,1H3,(H,32,33). The highest BCUT2D eigenvalue weighted by atomic mass is 32.2. The molecule has 2 atom stereocenters. The number of aliphatic hydroxyl groups is 2. The molecular formula is C29H48O5S. The Morgan fingerprint density at radius 1 is 1.03 bits per heavy atom. The van der Waals surface area contributed by atoms with Crippen molar-refractivity contribution in [2.24, 2.45) is 0 Å². The van der Waals surface area contributed by atoms with E-state index in [9.17, 15) is 15.0 Å². The molecule has 3 N–H and O–H groups in total. The Balaban J connectivity index is 1.98. The highest BCUT2D eigenvalue weighted by Gasteiger charge is 2.29. The number of thioether (sulfide) groups is 1. The maximum absolute atomic E-state index is 11.0. The van der Waals surface area contributed by atoms with Gasteiger partial charge in [0, 0.05) is 11.3 Å². The zero-order valence-corrected chi connectivity index (χ0v) is 22.6. The minimum atomic E-state index is -0.965. The van der Waals surface area contributed by atoms with Crippen molar-refractivity contribution in [1.29, 1.82) is 0 Å². The van der Waals surface area contributed by atoms with Crippen LogP contribution in [-0.4, -0.2) is 46.4 Å². The first kappa shape index (κ1) is 30.0. The quantitative estimate of drug-likeness (QED) is 0.161. The van der Waals surface area contributed by atoms with Crippen molar-refractivity contribution < 1.29 is 24.9 Å². The number of carboxylic acids is 1. The van der Waals surface area contributed by atoms with Crippen LogP contribution in [0.15, 0.2) is 18.2 Å². The van der Waals surface area contributed by atoms with Gasteiger partial charge in [0.1, 0.15) is 5.75 Å². The second-order valence-corrected chi connectivity index (χ2v) is 11.2. The van der Waals surface area contributed by atoms with E-state index in [1.54, 1.807) is 0 Å². The first-order valence-corrected chi connectivity index (χ1v) is 15.0. The number of para-hydroxylation sites is 1. The third-order valence-electron chi connectivity index (χ3n) is 7.07. The summed E-state index contributed by atoms with van der Waals surface area (Å²) in [6, 6.07) is 6.15. The van der Waals surface area contributed by atoms with Gasteiger partial charge in [0.2, 0.25) is 0 Å². The van der Waals surface area contributed by atoms with Crippen LogP contribution >= 0.6 is 11.8 Å². The monoisotopic (exact) mass is 508 g/mol. The van der Waals surface area contributed by atoms with E-state index in [2.05, 4.69) is 13.0 Å². The van der Waals surface area contributed by atoms with Gasteiger partial charge < -0.3 is 20.1 Å². The van der Waals surface area contributed by atoms with E-state index in [-0.39, 0.29) is 13.0 Å². The third kappa shape index (κ3) is 11.1. The second kappa shape index (κ2) is 18.1. The maximum Gasteiger partial charge on any atom is 0.304 e. The van der Waals surface area contributed by atoms with Crippen LogP contribution in [0.4, 0.5) is 0 Å². The molecule has 0 radical (unpaired) electrons. The summed E-state index contributed by atoms with van der Waals surface area (Å²) < 4.78 is 6.43. The molecule has 35 heavy (non-hydrogen) atoms. The molecule has 1 aromatic rings. The zero-order valence-electron chi connectivity index (χ0n) is 21.8. The molecule has 2 unspecified atom stereocenters. The van der Waals surface area contributed by atoms with Crippen LogP contribution in [-0.2, 0) is 4.79 Å². The van der Waals surface area contributed by atoms with Crippen LogP contribution < -0.4 is 4.74 Å². The van der Waals surface area contributed by atoms with Gasteiger partial charge in [-0.3, -0.25) is 4.79 Å². The van der Waals surface area contributed by atoms with Crippen molar-refractivity contribution in [3.8, 4) is 5.75 Å². The summed E-state index contributed by atoms with van der Waals surface area (Å²) in [4.78, 5) is 11.0. The summed E-state index contributed by atoms with van der Waals surface area (Å²) in [7, 11) is 0. The fraction of sp³-hybridized carbons (Fsp3) is 0.759. The molecule has 0 aliphatic heterocycles. The number of ether oxygens (including phenoxy) is 1. The average Bonchev–Trinajstić information content (AvgIpc) is 3.39. The van der Waals surface area contributed by atoms with Gasteiger partial charge in [0.25, 0.3) is 0 Å². The molecule has 2 rings (SSSR count). The summed E-state index contributed by atoms with van der Waals surface area (Å²) >= 11 is 1.39. The minimum absolute atomic E-state index is 0.0242. The number of carboxylic acid groups (broad SMARTS) is 1. The van der Waals surface area contributed by atoms with E-state index in [4.69, 9.17) is 9.84 Å². The van der Waals surface area contributed by atoms with Gasteiger partial charge >= 0.3 is 5.97 Å². The Kier molecular flexibility index (Phi) is 15.5. The molecule has 5 nitrogen and oxygen atoms in total. The fourth-order valence-corrected chi connectivity index (χ4v) is 6.28. The first-order valence-electron chi connectivity index (χ1n) is 14.0. The summed E-state index contributed by atoms with van der Waals surface area (Å²) in [5, 5.41) is 28.9. The molecule has 0 spiro atoms. The summed E-state index contributed by atoms with van der Waals surface area (Å²) in [6.45, 7) is 2.54. The third-order valence-corrected chi connectivity index (χ3v) is 8.44. The predicted octanol–water partition coefficient (Wildman–Crippen LogP) is 7.25. The van der Waals surface area contributed by atoms with Gasteiger partial charge in [-0.15, -0.1) is 0 Å². The molecule has 1 fully saturated rings. The molecule has 0 saturated heterocycles. The molecule has 1 aliphatic carbocycles. The van der Waals surface area contributed by atoms with E-state index in [0.29, 0.717) is 18.3 Å². The van der Waals surface area contributed by atoms with Crippen LogP contribution in [0.1, 0.15) is 126 Å². The van der Waals surface area contributed by atoms with Crippen molar-refractivity contribution in [1.82, 2.24) is 0 Å². The van der Waals surface area contributed by atoms with Crippen molar-refractivity contribution in [2.45, 2.75) is 121 Å². The van der Waals surface area contributed by atoms with Crippen LogP contribution in [0.2, 0.25) is 0 Å². The molecule has 200 valence electrons. The molecule has 0 aromatic heterocycles. The zero-order chi connectivity index (χ0) is 25.3. The van der Waals surface area contributed by atoms with Gasteiger partial charge in [0.15, 0.2) is 0 Å². The lowest BCUT2D eigenvalue weighted by Gasteiger charge is -2.26. The smallest absolute Gasteiger partial charge is 0.304 e. The molecule has 0 bridgehead atoms. The number of aliphatic hydroxyl groups excluding tert-OH is 2. The van der Waals surface area contributed by atoms with Crippen molar-refractivity contribution >= 4 is 17.7 Å². The van der Waals surface area contributed by atoms with Gasteiger partial charge in [0.05, 0.1) is 31.0 Å². The molecular weight excluding hydrogens is 460 g/mol. The van der Waals surface area contributed by atoms with Gasteiger partial charge in [-0.2, -0.15) is 11.8 Å². The number of benzene rings is 1. The number of rotatable bonds is 20. The summed E-state index contributed by atoms with van der Waals surface area (Å²) in [5.74, 6) is 0.846. The number of hydrogen-bond donors (Lipinski definition) is 3. The number of unbranched alkanes of at least 4 members (excludes halogenated alkanes) is 9. The Hall–Kier alpha value is -1.24. The Bertz CT molecular complexity index is 704. The van der Waals surface area contributed by atoms with Crippen molar-refractivity contribution in [3.05, 3.63) is 29.3 Å². The van der Waals surface area contributed by atoms with Gasteiger partial charge in [-0.25, -0.2) is 0 Å². The second-order valence-electron chi connectivity index (χ2n) is 9.96. The van der Waals surface area contributed by atoms with E-state index >= 15 is 0 Å². The molecule has 1 aliphatic rings. The predicted molar refractivity (Wildman–Crippen MR) is 146 cm³/mol. The van der Waals surface area contributed by atoms with Crippen molar-refractivity contribution in [3.63, 3.8) is 0 Å². The highest BCUT2D eigenvalue weighted by molar-refractivity contribution is 7.99. The molecule has 0 amide bonds. The normalized spacial score (nSPS) is 15.9. The molecule has 0 heterocycles. The molecule has 6 heteroatoms. The van der Waals surface area contributed by atoms with E-state index < -0.39 is 17.3 Å². The Labute approximate surface area is 217 Å². The summed E-state index contributed by atoms with van der Waals surface area (Å²) in [6.07, 6.45) is 16.6. The number of aliphatic carboxylic acids is 1. The van der Waals surface area contributed by atoms with Gasteiger partial charge in [-0.05, 0) is 30.7 Å². The Morgan fingerprint density at radius 2 is 1.66 bits per heavy atom. The number of hydrogen-bond acceptors (Lipinski definition) is 5. The minimum Gasteiger partial charge on any atom is -0.493 e. The largest absolute Gasteiger partial charge is 0.493 e. The van der Waals surface area contributed by atoms with Gasteiger partial charge in [-0.1, -0.05) is 95.8 Å². The van der Waals surface area contributed by atoms with E-state index in [0.717, 1.165) is 37.0 Å². The number of carbonyl (C=O) groups is 1. The van der Waals surface area contributed by atoms with Crippen LogP contribution in [0, 0.1) is 0 Å². The highest BCUT2D eigenvalue weighted by Crippen LogP contribution is 2.45. The maximum atomic E-state index is 11.0. The lowest BCUT2D eigenvalue weighted by Crippen LogP contribution is -2.22. The molecule has 1 aromatic carbocycles. The first-order chi connectivity index (χ1) is 17.1. The lowest BCUT2D eigenvalue weighted by molar-refractivity contribution is -0.136. The fourth-order valence-electron chi connectivity index (χ4n) is 5.06. The van der Waals surface area contributed by atoms with Crippen LogP contribution in [0.25, 0.3) is 0 Å². The molecule has 1 saturated carbocycles. The van der Waals surface area contributed by atoms with Crippen LogP contribution in [0.3, 0.4) is 0 Å².